The Morgan fingerprint density at radius 2 is 1.96 bits per heavy atom. The Morgan fingerprint density at radius 1 is 1.25 bits per heavy atom. The van der Waals surface area contributed by atoms with Crippen molar-refractivity contribution in [1.82, 2.24) is 5.01 Å². The molecule has 2 aromatic carbocycles. The number of hydrazine groups is 2. The van der Waals surface area contributed by atoms with Crippen molar-refractivity contribution in [3.8, 4) is 5.75 Å². The predicted octanol–water partition coefficient (Wildman–Crippen LogP) is 2.69. The number of nitrogens with zero attached hydrogens (tertiary/aromatic N) is 3. The van der Waals surface area contributed by atoms with Crippen molar-refractivity contribution in [2.45, 2.75) is 20.5 Å². The van der Waals surface area contributed by atoms with Crippen LogP contribution in [0.25, 0.3) is 0 Å². The lowest BCUT2D eigenvalue weighted by molar-refractivity contribution is 0.213. The monoisotopic (exact) mass is 389 g/mol. The molecule has 0 radical (unpaired) electrons. The quantitative estimate of drug-likeness (QED) is 0.342. The van der Waals surface area contributed by atoms with Crippen molar-refractivity contribution >= 4 is 17.4 Å². The molecule has 0 heterocycles. The van der Waals surface area contributed by atoms with Crippen LogP contribution >= 0.6 is 0 Å². The molecular formula is C19H24FN5O3. The summed E-state index contributed by atoms with van der Waals surface area (Å²) < 4.78 is 20.1. The van der Waals surface area contributed by atoms with Gasteiger partial charge in [0.1, 0.15) is 13.7 Å². The van der Waals surface area contributed by atoms with E-state index < -0.39 is 11.8 Å². The zero-order chi connectivity index (χ0) is 20.8. The lowest BCUT2D eigenvalue weighted by Gasteiger charge is -2.24. The molecule has 150 valence electrons. The van der Waals surface area contributed by atoms with E-state index in [1.165, 1.54) is 26.3 Å². The maximum absolute atomic E-state index is 14.4. The minimum atomic E-state index is -0.602. The van der Waals surface area contributed by atoms with Crippen LogP contribution < -0.4 is 21.4 Å². The number of hydrogen-bond donors (Lipinski definition) is 2. The summed E-state index contributed by atoms with van der Waals surface area (Å²) in [5.74, 6) is 10.9. The summed E-state index contributed by atoms with van der Waals surface area (Å²) in [5, 5.41) is 5.57. The normalized spacial score (nSPS) is 11.2. The summed E-state index contributed by atoms with van der Waals surface area (Å²) in [7, 11) is 2.81. The molecule has 0 unspecified atom stereocenters. The fraction of sp³-hybridized carbons (Fsp3) is 0.263. The number of anilines is 1. The Labute approximate surface area is 163 Å². The first-order valence-corrected chi connectivity index (χ1v) is 8.42. The number of benzene rings is 2. The predicted molar refractivity (Wildman–Crippen MR) is 105 cm³/mol. The molecule has 0 spiro atoms. The van der Waals surface area contributed by atoms with Gasteiger partial charge in [-0.15, -0.1) is 0 Å². The van der Waals surface area contributed by atoms with Crippen molar-refractivity contribution in [1.29, 1.82) is 0 Å². The highest BCUT2D eigenvalue weighted by Gasteiger charge is 2.19. The Hall–Kier alpha value is -3.17. The van der Waals surface area contributed by atoms with Gasteiger partial charge in [0.15, 0.2) is 11.6 Å². The van der Waals surface area contributed by atoms with Gasteiger partial charge in [-0.1, -0.05) is 17.3 Å². The van der Waals surface area contributed by atoms with Crippen molar-refractivity contribution < 1.29 is 18.8 Å². The molecule has 0 saturated heterocycles. The second kappa shape index (κ2) is 9.16. The molecule has 8 nitrogen and oxygen atoms in total. The van der Waals surface area contributed by atoms with Crippen LogP contribution in [0.2, 0.25) is 0 Å². The molecule has 2 amide bonds. The SMILES string of the molecule is CON=C(C)c1ccc(OCc2c(C)cccc2N(N)C(=O)N(C)N)c(F)c1. The second-order valence-corrected chi connectivity index (χ2v) is 6.13. The molecule has 0 aromatic heterocycles. The van der Waals surface area contributed by atoms with Gasteiger partial charge < -0.3 is 9.57 Å². The van der Waals surface area contributed by atoms with Crippen molar-refractivity contribution in [3.63, 3.8) is 0 Å². The van der Waals surface area contributed by atoms with E-state index in [0.29, 0.717) is 22.5 Å². The summed E-state index contributed by atoms with van der Waals surface area (Å²) in [5.41, 5.74) is 3.01. The molecule has 2 aromatic rings. The number of oxime groups is 1. The van der Waals surface area contributed by atoms with Crippen LogP contribution in [0, 0.1) is 12.7 Å². The minimum absolute atomic E-state index is 0.0126. The van der Waals surface area contributed by atoms with Gasteiger partial charge in [0.25, 0.3) is 0 Å². The highest BCUT2D eigenvalue weighted by molar-refractivity contribution is 5.98. The van der Waals surface area contributed by atoms with E-state index in [1.54, 1.807) is 25.1 Å². The summed E-state index contributed by atoms with van der Waals surface area (Å²) in [4.78, 5) is 16.8. The molecule has 0 aliphatic heterocycles. The maximum Gasteiger partial charge on any atom is 0.352 e. The maximum atomic E-state index is 14.4. The van der Waals surface area contributed by atoms with Gasteiger partial charge >= 0.3 is 6.03 Å². The van der Waals surface area contributed by atoms with Crippen LogP contribution in [0.15, 0.2) is 41.6 Å². The van der Waals surface area contributed by atoms with Crippen LogP contribution in [-0.2, 0) is 11.4 Å². The lowest BCUT2D eigenvalue weighted by atomic mass is 10.1. The van der Waals surface area contributed by atoms with Gasteiger partial charge in [0.2, 0.25) is 0 Å². The number of urea groups is 1. The van der Waals surface area contributed by atoms with Crippen molar-refractivity contribution in [2.75, 3.05) is 19.2 Å². The van der Waals surface area contributed by atoms with Crippen molar-refractivity contribution in [2.24, 2.45) is 16.8 Å². The molecular weight excluding hydrogens is 365 g/mol. The number of rotatable bonds is 6. The first kappa shape index (κ1) is 21.1. The van der Waals surface area contributed by atoms with E-state index in [-0.39, 0.29) is 12.4 Å². The number of ether oxygens (including phenoxy) is 1. The van der Waals surface area contributed by atoms with E-state index in [4.69, 9.17) is 21.3 Å². The third-order valence-corrected chi connectivity index (χ3v) is 4.10. The Kier molecular flexibility index (Phi) is 6.91. The van der Waals surface area contributed by atoms with Crippen molar-refractivity contribution in [3.05, 3.63) is 58.9 Å². The summed E-state index contributed by atoms with van der Waals surface area (Å²) in [6.45, 7) is 3.56. The van der Waals surface area contributed by atoms with E-state index in [1.807, 2.05) is 13.0 Å². The average Bonchev–Trinajstić information content (AvgIpc) is 2.66. The van der Waals surface area contributed by atoms with E-state index in [9.17, 15) is 9.18 Å². The number of halogens is 1. The highest BCUT2D eigenvalue weighted by atomic mass is 19.1. The largest absolute Gasteiger partial charge is 0.486 e. The van der Waals surface area contributed by atoms with Gasteiger partial charge in [-0.05, 0) is 43.7 Å². The Morgan fingerprint density at radius 3 is 2.57 bits per heavy atom. The van der Waals surface area contributed by atoms with Crippen LogP contribution in [0.1, 0.15) is 23.6 Å². The Balaban J connectivity index is 2.26. The average molecular weight is 389 g/mol. The van der Waals surface area contributed by atoms with Gasteiger partial charge in [-0.2, -0.15) is 0 Å². The molecule has 0 saturated carbocycles. The fourth-order valence-electron chi connectivity index (χ4n) is 2.56. The number of aryl methyl sites for hydroxylation is 1. The zero-order valence-corrected chi connectivity index (χ0v) is 16.3. The molecule has 0 aliphatic rings. The van der Waals surface area contributed by atoms with E-state index >= 15 is 0 Å². The third-order valence-electron chi connectivity index (χ3n) is 4.10. The standard InChI is InChI=1S/C19H24FN5O3/c1-12-6-5-7-17(25(22)19(26)24(3)21)15(12)11-28-18-9-8-14(10-16(18)20)13(2)23-27-4/h5-10H,11,21-22H2,1-4H3. The first-order valence-electron chi connectivity index (χ1n) is 8.42. The smallest absolute Gasteiger partial charge is 0.352 e. The lowest BCUT2D eigenvalue weighted by Crippen LogP contribution is -2.49. The number of carbonyl (C=O) groups is 1. The van der Waals surface area contributed by atoms with Crippen LogP contribution in [-0.4, -0.2) is 30.9 Å². The second-order valence-electron chi connectivity index (χ2n) is 6.13. The number of carbonyl (C=O) groups excluding carboxylic acids is 1. The number of amides is 2. The molecule has 2 rings (SSSR count). The zero-order valence-electron chi connectivity index (χ0n) is 16.3. The Bertz CT molecular complexity index is 886. The molecule has 0 aliphatic carbocycles. The van der Waals surface area contributed by atoms with Crippen LogP contribution in [0.5, 0.6) is 5.75 Å². The summed E-state index contributed by atoms with van der Waals surface area (Å²) in [6.07, 6.45) is 0. The molecule has 9 heteroatoms. The fourth-order valence-corrected chi connectivity index (χ4v) is 2.56. The third kappa shape index (κ3) is 4.76. The number of nitrogens with two attached hydrogens (primary N) is 2. The summed E-state index contributed by atoms with van der Waals surface area (Å²) in [6, 6.07) is 9.16. The summed E-state index contributed by atoms with van der Waals surface area (Å²) >= 11 is 0. The van der Waals surface area contributed by atoms with Crippen LogP contribution in [0.4, 0.5) is 14.9 Å². The minimum Gasteiger partial charge on any atom is -0.486 e. The molecule has 0 fully saturated rings. The highest BCUT2D eigenvalue weighted by Crippen LogP contribution is 2.26. The first-order chi connectivity index (χ1) is 13.3. The van der Waals surface area contributed by atoms with Gasteiger partial charge in [-0.3, -0.25) is 5.01 Å². The molecule has 0 bridgehead atoms. The van der Waals surface area contributed by atoms with Gasteiger partial charge in [-0.25, -0.2) is 25.9 Å². The van der Waals surface area contributed by atoms with E-state index in [0.717, 1.165) is 15.6 Å². The van der Waals surface area contributed by atoms with Gasteiger partial charge in [0, 0.05) is 18.2 Å². The molecule has 4 N–H and O–H groups in total. The molecule has 0 atom stereocenters. The van der Waals surface area contributed by atoms with Gasteiger partial charge in [0.05, 0.1) is 11.4 Å². The molecule has 28 heavy (non-hydrogen) atoms. The topological polar surface area (TPSA) is 106 Å². The van der Waals surface area contributed by atoms with Crippen LogP contribution in [0.3, 0.4) is 0 Å². The van der Waals surface area contributed by atoms with E-state index in [2.05, 4.69) is 5.16 Å². The number of hydrogen-bond acceptors (Lipinski definition) is 6.